The molecule has 2 amide bonds. The Labute approximate surface area is 206 Å². The molecule has 0 saturated carbocycles. The van der Waals surface area contributed by atoms with Crippen LogP contribution in [-0.4, -0.2) is 41.6 Å². The van der Waals surface area contributed by atoms with Gasteiger partial charge in [-0.2, -0.15) is 4.31 Å². The lowest BCUT2D eigenvalue weighted by molar-refractivity contribution is -0.134. The highest BCUT2D eigenvalue weighted by Crippen LogP contribution is 2.41. The van der Waals surface area contributed by atoms with Gasteiger partial charge < -0.3 is 5.32 Å². The molecule has 2 heterocycles. The van der Waals surface area contributed by atoms with Crippen LogP contribution in [-0.2, 0) is 21.4 Å². The van der Waals surface area contributed by atoms with Crippen molar-refractivity contribution in [3.63, 3.8) is 0 Å². The molecule has 2 aromatic carbocycles. The number of hydroxylamine groups is 1. The molecule has 1 aromatic heterocycles. The molecule has 0 radical (unpaired) electrons. The molecule has 1 atom stereocenters. The van der Waals surface area contributed by atoms with Crippen LogP contribution in [0.3, 0.4) is 0 Å². The highest BCUT2D eigenvalue weighted by Gasteiger charge is 2.44. The van der Waals surface area contributed by atoms with Gasteiger partial charge in [-0.3, -0.25) is 19.6 Å². The molecule has 3 N–H and O–H groups in total. The van der Waals surface area contributed by atoms with Crippen LogP contribution in [0, 0.1) is 5.92 Å². The van der Waals surface area contributed by atoms with Crippen molar-refractivity contribution in [1.82, 2.24) is 9.79 Å². The summed E-state index contributed by atoms with van der Waals surface area (Å²) < 4.78 is 27.2. The first-order chi connectivity index (χ1) is 16.6. The second kappa shape index (κ2) is 9.70. The number of hydrogen-bond acceptors (Lipinski definition) is 7. The fourth-order valence-corrected chi connectivity index (χ4v) is 7.33. The number of carbonyl (C=O) groups excluding carboxylic acids is 3. The number of benzene rings is 2. The maximum absolute atomic E-state index is 13.1. The van der Waals surface area contributed by atoms with Crippen molar-refractivity contribution in [2.24, 2.45) is 5.92 Å². The van der Waals surface area contributed by atoms with Gasteiger partial charge in [0.15, 0.2) is 5.78 Å². The molecule has 1 aliphatic heterocycles. The second-order valence-electron chi connectivity index (χ2n) is 8.34. The van der Waals surface area contributed by atoms with E-state index in [1.807, 2.05) is 6.07 Å². The van der Waals surface area contributed by atoms with Crippen LogP contribution in [0.1, 0.15) is 45.0 Å². The topological polar surface area (TPSA) is 133 Å². The Morgan fingerprint density at radius 3 is 2.26 bits per heavy atom. The van der Waals surface area contributed by atoms with E-state index in [0.717, 1.165) is 15.6 Å². The van der Waals surface area contributed by atoms with Gasteiger partial charge >= 0.3 is 0 Å². The summed E-state index contributed by atoms with van der Waals surface area (Å²) >= 11 is 1.09. The van der Waals surface area contributed by atoms with E-state index in [4.69, 9.17) is 5.21 Å². The fourth-order valence-electron chi connectivity index (χ4n) is 3.98. The van der Waals surface area contributed by atoms with Crippen LogP contribution >= 0.6 is 11.3 Å². The van der Waals surface area contributed by atoms with Gasteiger partial charge in [0.1, 0.15) is 6.04 Å². The van der Waals surface area contributed by atoms with Gasteiger partial charge in [-0.05, 0) is 24.1 Å². The first-order valence-corrected chi connectivity index (χ1v) is 13.0. The van der Waals surface area contributed by atoms with Gasteiger partial charge in [0, 0.05) is 21.6 Å². The van der Waals surface area contributed by atoms with Crippen LogP contribution in [0.15, 0.2) is 65.6 Å². The number of fused-ring (bicyclic) bond motifs is 1. The number of sulfonamides is 1. The lowest BCUT2D eigenvalue weighted by Gasteiger charge is -2.27. The number of amides is 2. The molecule has 0 saturated heterocycles. The van der Waals surface area contributed by atoms with Crippen molar-refractivity contribution in [3.8, 4) is 0 Å². The number of hydrogen-bond donors (Lipinski definition) is 3. The van der Waals surface area contributed by atoms with Crippen LogP contribution in [0.5, 0.6) is 0 Å². The minimum absolute atomic E-state index is 0.0159. The summed E-state index contributed by atoms with van der Waals surface area (Å²) in [5.41, 5.74) is 2.65. The van der Waals surface area contributed by atoms with Crippen molar-refractivity contribution in [3.05, 3.63) is 82.2 Å². The lowest BCUT2D eigenvalue weighted by atomic mass is 10.0. The maximum Gasteiger partial charge on any atom is 0.262 e. The highest BCUT2D eigenvalue weighted by atomic mass is 32.2. The number of thiophene rings is 1. The van der Waals surface area contributed by atoms with Crippen molar-refractivity contribution in [2.75, 3.05) is 5.32 Å². The molecule has 0 bridgehead atoms. The molecule has 35 heavy (non-hydrogen) atoms. The molecule has 9 nitrogen and oxygen atoms in total. The number of nitrogens with zero attached hydrogens (tertiary/aromatic N) is 1. The van der Waals surface area contributed by atoms with Crippen LogP contribution < -0.4 is 10.8 Å². The monoisotopic (exact) mass is 513 g/mol. The number of nitrogens with one attached hydrogen (secondary N) is 2. The zero-order valence-electron chi connectivity index (χ0n) is 18.9. The largest absolute Gasteiger partial charge is 0.314 e. The predicted octanol–water partition coefficient (Wildman–Crippen LogP) is 3.27. The zero-order valence-corrected chi connectivity index (χ0v) is 20.5. The number of rotatable bonds is 7. The molecule has 0 aliphatic carbocycles. The quantitative estimate of drug-likeness (QED) is 0.252. The summed E-state index contributed by atoms with van der Waals surface area (Å²) in [6.07, 6.45) is 0. The standard InChI is InChI=1S/C24H23N3O6S2/c1-14(2)21(24(30)26-31)27-13-18-19(35(27,32)33)12-20(34-18)25-23(29)17-10-6-9-16(11-17)22(28)15-7-4-3-5-8-15/h3-12,14,21,31H,13H2,1-2H3,(H,25,29)(H,26,30)/t21-/m1/s1. The van der Waals surface area contributed by atoms with Gasteiger partial charge in [-0.15, -0.1) is 11.3 Å². The third-order valence-electron chi connectivity index (χ3n) is 5.64. The third kappa shape index (κ3) is 4.76. The minimum atomic E-state index is -4.00. The summed E-state index contributed by atoms with van der Waals surface area (Å²) in [5.74, 6) is -1.89. The van der Waals surface area contributed by atoms with Crippen LogP contribution in [0.2, 0.25) is 0 Å². The Balaban J connectivity index is 1.53. The normalized spacial score (nSPS) is 15.4. The van der Waals surface area contributed by atoms with E-state index in [2.05, 4.69) is 5.32 Å². The molecule has 4 rings (SSSR count). The fraction of sp³-hybridized carbons (Fsp3) is 0.208. The van der Waals surface area contributed by atoms with E-state index in [0.29, 0.717) is 21.0 Å². The molecule has 1 aliphatic rings. The lowest BCUT2D eigenvalue weighted by Crippen LogP contribution is -2.49. The van der Waals surface area contributed by atoms with Gasteiger partial charge in [0.25, 0.3) is 11.8 Å². The van der Waals surface area contributed by atoms with E-state index in [9.17, 15) is 22.8 Å². The second-order valence-corrected chi connectivity index (χ2v) is 11.3. The Morgan fingerprint density at radius 1 is 0.971 bits per heavy atom. The average Bonchev–Trinajstić information content (AvgIpc) is 3.35. The SMILES string of the molecule is CC(C)[C@H](C(=O)NO)N1Cc2sc(NC(=O)c3cccc(C(=O)c4ccccc4)c3)cc2S1(=O)=O. The van der Waals surface area contributed by atoms with Gasteiger partial charge in [-0.1, -0.05) is 56.3 Å². The van der Waals surface area contributed by atoms with E-state index >= 15 is 0 Å². The Kier molecular flexibility index (Phi) is 6.86. The zero-order chi connectivity index (χ0) is 25.3. The number of anilines is 1. The number of carbonyl (C=O) groups is 3. The molecule has 3 aromatic rings. The highest BCUT2D eigenvalue weighted by molar-refractivity contribution is 7.89. The molecule has 0 spiro atoms. The third-order valence-corrected chi connectivity index (χ3v) is 8.69. The Hall–Kier alpha value is -3.38. The van der Waals surface area contributed by atoms with Gasteiger partial charge in [0.2, 0.25) is 10.0 Å². The van der Waals surface area contributed by atoms with Crippen molar-refractivity contribution >= 4 is 44.0 Å². The van der Waals surface area contributed by atoms with E-state index in [1.165, 1.54) is 17.6 Å². The summed E-state index contributed by atoms with van der Waals surface area (Å²) in [7, 11) is -4.00. The molecule has 0 unspecified atom stereocenters. The first-order valence-electron chi connectivity index (χ1n) is 10.7. The Bertz CT molecular complexity index is 1400. The van der Waals surface area contributed by atoms with Crippen molar-refractivity contribution in [2.45, 2.75) is 31.3 Å². The van der Waals surface area contributed by atoms with Gasteiger partial charge in [0.05, 0.1) is 16.4 Å². The molecule has 11 heteroatoms. The van der Waals surface area contributed by atoms with Crippen LogP contribution in [0.4, 0.5) is 5.00 Å². The first kappa shape index (κ1) is 24.7. The van der Waals surface area contributed by atoms with Crippen molar-refractivity contribution in [1.29, 1.82) is 0 Å². The number of ketones is 1. The minimum Gasteiger partial charge on any atom is -0.314 e. The maximum atomic E-state index is 13.1. The molecular formula is C24H23N3O6S2. The average molecular weight is 514 g/mol. The van der Waals surface area contributed by atoms with Gasteiger partial charge in [-0.25, -0.2) is 13.9 Å². The van der Waals surface area contributed by atoms with E-state index < -0.39 is 27.9 Å². The van der Waals surface area contributed by atoms with E-state index in [-0.39, 0.29) is 28.7 Å². The summed E-state index contributed by atoms with van der Waals surface area (Å²) in [6, 6.07) is 15.3. The summed E-state index contributed by atoms with van der Waals surface area (Å²) in [4.78, 5) is 38.1. The van der Waals surface area contributed by atoms with Crippen LogP contribution in [0.25, 0.3) is 0 Å². The smallest absolute Gasteiger partial charge is 0.262 e. The Morgan fingerprint density at radius 2 is 1.63 bits per heavy atom. The molecule has 0 fully saturated rings. The van der Waals surface area contributed by atoms with E-state index in [1.54, 1.807) is 56.3 Å². The summed E-state index contributed by atoms with van der Waals surface area (Å²) in [5, 5.41) is 12.1. The molecule has 182 valence electrons. The van der Waals surface area contributed by atoms with Crippen molar-refractivity contribution < 1.29 is 28.0 Å². The summed E-state index contributed by atoms with van der Waals surface area (Å²) in [6.45, 7) is 3.32. The molecular weight excluding hydrogens is 490 g/mol. The predicted molar refractivity (Wildman–Crippen MR) is 130 cm³/mol.